The molecule has 10 heteroatoms. The molecule has 0 aliphatic heterocycles. The Balaban J connectivity index is 4.14. The fraction of sp³-hybridized carbons (Fsp3) is 0.508. The molecule has 0 amide bonds. The van der Waals surface area contributed by atoms with Crippen LogP contribution in [0.25, 0.3) is 0 Å². The van der Waals surface area contributed by atoms with Gasteiger partial charge in [-0.2, -0.15) is 0 Å². The molecule has 0 aromatic heterocycles. The second-order valence-corrected chi connectivity index (χ2v) is 18.1. The van der Waals surface area contributed by atoms with Crippen LogP contribution < -0.4 is 5.73 Å². The van der Waals surface area contributed by atoms with Crippen molar-refractivity contribution in [3.05, 3.63) is 170 Å². The SMILES string of the molecule is CC/C=C\C/C=C\C/C=C\C/C=C\C/C=C\C/C=C\C/C=C\C/C=C\C/C=C\CCCCCCCCCC(=O)OC(COC(=O)C/C=C\C/C=C\C/C=C\C/C=C\C/C=C\CC)COP(=O)(O)OCCN. The highest BCUT2D eigenvalue weighted by Crippen LogP contribution is 2.43. The molecule has 0 radical (unpaired) electrons. The average Bonchev–Trinajstić information content (AvgIpc) is 3.36. The van der Waals surface area contributed by atoms with E-state index in [1.165, 1.54) is 6.42 Å². The monoisotopic (exact) mass is 1000 g/mol. The maximum Gasteiger partial charge on any atom is 0.472 e. The molecule has 0 saturated heterocycles. The molecule has 0 aliphatic carbocycles. The molecule has 0 fully saturated rings. The third-order valence-electron chi connectivity index (χ3n) is 10.1. The van der Waals surface area contributed by atoms with Gasteiger partial charge in [0, 0.05) is 13.0 Å². The van der Waals surface area contributed by atoms with Gasteiger partial charge in [0.25, 0.3) is 0 Å². The molecule has 0 saturated carbocycles. The number of hydrogen-bond donors (Lipinski definition) is 2. The van der Waals surface area contributed by atoms with Crippen LogP contribution in [0.15, 0.2) is 170 Å². The molecular formula is C61H94NO8P. The number of carbonyl (C=O) groups is 2. The molecule has 9 nitrogen and oxygen atoms in total. The van der Waals surface area contributed by atoms with Crippen LogP contribution in [-0.4, -0.2) is 49.3 Å². The number of rotatable bonds is 47. The zero-order valence-corrected chi connectivity index (χ0v) is 44.8. The van der Waals surface area contributed by atoms with Crippen molar-refractivity contribution in [2.75, 3.05) is 26.4 Å². The van der Waals surface area contributed by atoms with Crippen molar-refractivity contribution in [2.24, 2.45) is 5.73 Å². The molecule has 0 rings (SSSR count). The maximum absolute atomic E-state index is 12.7. The van der Waals surface area contributed by atoms with Crippen molar-refractivity contribution >= 4 is 19.8 Å². The highest BCUT2D eigenvalue weighted by Gasteiger charge is 2.25. The number of nitrogens with two attached hydrogens (primary N) is 1. The molecule has 0 spiro atoms. The average molecular weight is 1000 g/mol. The van der Waals surface area contributed by atoms with E-state index in [1.54, 1.807) is 6.08 Å². The van der Waals surface area contributed by atoms with Gasteiger partial charge in [0.15, 0.2) is 6.10 Å². The van der Waals surface area contributed by atoms with Crippen LogP contribution in [0, 0.1) is 0 Å². The van der Waals surface area contributed by atoms with Crippen LogP contribution in [-0.2, 0) is 32.7 Å². The minimum atomic E-state index is -4.42. The Morgan fingerprint density at radius 2 is 0.775 bits per heavy atom. The minimum absolute atomic E-state index is 0.0301. The van der Waals surface area contributed by atoms with Crippen LogP contribution in [0.1, 0.15) is 168 Å². The Morgan fingerprint density at radius 3 is 1.15 bits per heavy atom. The largest absolute Gasteiger partial charge is 0.472 e. The number of esters is 2. The maximum atomic E-state index is 12.7. The summed E-state index contributed by atoms with van der Waals surface area (Å²) in [5, 5.41) is 0. The summed E-state index contributed by atoms with van der Waals surface area (Å²) in [6, 6.07) is 0. The smallest absolute Gasteiger partial charge is 0.461 e. The summed E-state index contributed by atoms with van der Waals surface area (Å²) >= 11 is 0. The highest BCUT2D eigenvalue weighted by molar-refractivity contribution is 7.47. The molecule has 2 unspecified atom stereocenters. The van der Waals surface area contributed by atoms with Gasteiger partial charge < -0.3 is 20.1 Å². The summed E-state index contributed by atoms with van der Waals surface area (Å²) in [6.07, 6.45) is 81.5. The van der Waals surface area contributed by atoms with Crippen molar-refractivity contribution < 1.29 is 37.6 Å². The fourth-order valence-corrected chi connectivity index (χ4v) is 7.05. The Bertz CT molecular complexity index is 1760. The van der Waals surface area contributed by atoms with Gasteiger partial charge in [0.1, 0.15) is 6.61 Å². The van der Waals surface area contributed by atoms with Gasteiger partial charge in [0.2, 0.25) is 0 Å². The van der Waals surface area contributed by atoms with Crippen molar-refractivity contribution in [3.8, 4) is 0 Å². The molecular weight excluding hydrogens is 906 g/mol. The fourth-order valence-electron chi connectivity index (χ4n) is 6.29. The molecule has 0 aliphatic rings. The summed E-state index contributed by atoms with van der Waals surface area (Å²) in [5.41, 5.74) is 5.36. The van der Waals surface area contributed by atoms with Gasteiger partial charge in [-0.15, -0.1) is 0 Å². The normalized spacial score (nSPS) is 14.5. The Hall–Kier alpha value is -4.63. The van der Waals surface area contributed by atoms with E-state index in [0.717, 1.165) is 122 Å². The second kappa shape index (κ2) is 54.7. The zero-order valence-electron chi connectivity index (χ0n) is 43.9. The van der Waals surface area contributed by atoms with E-state index in [9.17, 15) is 19.0 Å². The van der Waals surface area contributed by atoms with Crippen LogP contribution in [0.2, 0.25) is 0 Å². The van der Waals surface area contributed by atoms with Gasteiger partial charge in [-0.25, -0.2) is 4.57 Å². The van der Waals surface area contributed by atoms with E-state index in [1.807, 2.05) is 12.2 Å². The highest BCUT2D eigenvalue weighted by atomic mass is 31.2. The van der Waals surface area contributed by atoms with Gasteiger partial charge in [-0.1, -0.05) is 216 Å². The molecule has 0 aromatic carbocycles. The van der Waals surface area contributed by atoms with Crippen LogP contribution in [0.3, 0.4) is 0 Å². The van der Waals surface area contributed by atoms with Crippen molar-refractivity contribution in [1.29, 1.82) is 0 Å². The molecule has 0 heterocycles. The first-order chi connectivity index (χ1) is 34.8. The van der Waals surface area contributed by atoms with Crippen LogP contribution in [0.4, 0.5) is 0 Å². The van der Waals surface area contributed by atoms with E-state index < -0.39 is 32.5 Å². The molecule has 71 heavy (non-hydrogen) atoms. The summed E-state index contributed by atoms with van der Waals surface area (Å²) in [4.78, 5) is 35.0. The van der Waals surface area contributed by atoms with Gasteiger partial charge >= 0.3 is 19.8 Å². The van der Waals surface area contributed by atoms with Gasteiger partial charge in [0.05, 0.1) is 19.6 Å². The molecule has 2 atom stereocenters. The first-order valence-electron chi connectivity index (χ1n) is 26.6. The quantitative estimate of drug-likeness (QED) is 0.0264. The van der Waals surface area contributed by atoms with E-state index in [2.05, 4.69) is 166 Å². The number of phosphoric ester groups is 1. The zero-order chi connectivity index (χ0) is 51.7. The summed E-state index contributed by atoms with van der Waals surface area (Å²) in [7, 11) is -4.42. The standard InChI is InChI=1S/C61H94NO8P/c1-3-5-7-9-11-13-15-17-19-20-21-22-23-24-25-26-27-28-29-30-31-32-33-34-35-36-37-38-40-42-44-46-48-50-52-54-61(64)70-59(58-69-71(65,66)68-56-55-62)57-67-60(63)53-51-49-47-45-43-41-39-18-16-14-12-10-8-6-4-2/h5-8,11-14,17-19,21-22,24-25,27-28,30-31,33-34,36-37,39,43,45,49,51,59H,3-4,9-10,15-16,20,23,26,29,32,35,38,40-42,44,46-48,50,52-58,62H2,1-2H3,(H,65,66)/b7-5-,8-6-,13-11-,14-12-,19-17-,22-21-,25-24-,28-27-,31-30-,34-33-,37-36-,39-18-,45-43-,51-49-. The summed E-state index contributed by atoms with van der Waals surface area (Å²) in [6.45, 7) is 3.34. The third kappa shape index (κ3) is 54.6. The summed E-state index contributed by atoms with van der Waals surface area (Å²) in [5.74, 6) is -1.01. The van der Waals surface area contributed by atoms with Crippen LogP contribution >= 0.6 is 7.82 Å². The Morgan fingerprint density at radius 1 is 0.437 bits per heavy atom. The Kier molecular flexibility index (Phi) is 51.1. The third-order valence-corrected chi connectivity index (χ3v) is 11.1. The topological polar surface area (TPSA) is 134 Å². The molecule has 0 bridgehead atoms. The predicted molar refractivity (Wildman–Crippen MR) is 302 cm³/mol. The number of phosphoric acid groups is 1. The first-order valence-corrected chi connectivity index (χ1v) is 28.1. The lowest BCUT2D eigenvalue weighted by Crippen LogP contribution is -2.29. The minimum Gasteiger partial charge on any atom is -0.461 e. The van der Waals surface area contributed by atoms with E-state index >= 15 is 0 Å². The van der Waals surface area contributed by atoms with E-state index in [0.29, 0.717) is 12.8 Å². The van der Waals surface area contributed by atoms with Crippen molar-refractivity contribution in [1.82, 2.24) is 0 Å². The number of allylic oxidation sites excluding steroid dienone is 27. The van der Waals surface area contributed by atoms with E-state index in [-0.39, 0.29) is 32.6 Å². The first kappa shape index (κ1) is 66.4. The van der Waals surface area contributed by atoms with Gasteiger partial charge in [-0.3, -0.25) is 18.6 Å². The number of unbranched alkanes of at least 4 members (excludes halogenated alkanes) is 7. The molecule has 396 valence electrons. The van der Waals surface area contributed by atoms with Crippen molar-refractivity contribution in [3.63, 3.8) is 0 Å². The van der Waals surface area contributed by atoms with E-state index in [4.69, 9.17) is 24.3 Å². The Labute approximate surface area is 431 Å². The lowest BCUT2D eigenvalue weighted by Gasteiger charge is -2.19. The number of ether oxygens (including phenoxy) is 2. The van der Waals surface area contributed by atoms with Gasteiger partial charge in [-0.05, 0) is 109 Å². The lowest BCUT2D eigenvalue weighted by molar-refractivity contribution is -0.160. The van der Waals surface area contributed by atoms with Crippen LogP contribution in [0.5, 0.6) is 0 Å². The number of hydrogen-bond acceptors (Lipinski definition) is 8. The summed E-state index contributed by atoms with van der Waals surface area (Å²) < 4.78 is 32.8. The second-order valence-electron chi connectivity index (χ2n) is 16.6. The number of carbonyl (C=O) groups excluding carboxylic acids is 2. The predicted octanol–water partition coefficient (Wildman–Crippen LogP) is 16.7. The van der Waals surface area contributed by atoms with Crippen molar-refractivity contribution in [2.45, 2.75) is 174 Å². The lowest BCUT2D eigenvalue weighted by atomic mass is 10.1. The molecule has 3 N–H and O–H groups in total. The molecule has 0 aromatic rings.